The largest absolute Gasteiger partial charge is 0.341 e. The number of benzene rings is 1. The van der Waals surface area contributed by atoms with Gasteiger partial charge in [-0.25, -0.2) is 4.98 Å². The van der Waals surface area contributed by atoms with Crippen LogP contribution in [0.2, 0.25) is 0 Å². The van der Waals surface area contributed by atoms with Crippen LogP contribution in [0.25, 0.3) is 11.0 Å². The Hall–Kier alpha value is -1.35. The molecule has 1 saturated carbocycles. The van der Waals surface area contributed by atoms with Gasteiger partial charge in [-0.3, -0.25) is 0 Å². The molecule has 1 fully saturated rings. The summed E-state index contributed by atoms with van der Waals surface area (Å²) in [4.78, 5) is 8.07. The fourth-order valence-corrected chi connectivity index (χ4v) is 3.01. The molecule has 102 valence electrons. The molecule has 0 bridgehead atoms. The maximum atomic E-state index is 4.66. The van der Waals surface area contributed by atoms with Crippen LogP contribution in [-0.4, -0.2) is 16.5 Å². The summed E-state index contributed by atoms with van der Waals surface area (Å²) in [5, 5.41) is 3.64. The first-order valence-electron chi connectivity index (χ1n) is 7.51. The van der Waals surface area contributed by atoms with Crippen LogP contribution in [0.1, 0.15) is 50.9 Å². The third-order valence-corrected chi connectivity index (χ3v) is 4.26. The third-order valence-electron chi connectivity index (χ3n) is 4.26. The Morgan fingerprint density at radius 2 is 2.05 bits per heavy atom. The Morgan fingerprint density at radius 1 is 1.26 bits per heavy atom. The second-order valence-corrected chi connectivity index (χ2v) is 5.77. The zero-order valence-electron chi connectivity index (χ0n) is 11.7. The van der Waals surface area contributed by atoms with E-state index < -0.39 is 0 Å². The van der Waals surface area contributed by atoms with Gasteiger partial charge in [-0.05, 0) is 44.4 Å². The van der Waals surface area contributed by atoms with E-state index in [-0.39, 0.29) is 0 Å². The highest BCUT2D eigenvalue weighted by Gasteiger charge is 2.16. The van der Waals surface area contributed by atoms with E-state index in [9.17, 15) is 0 Å². The smallest absolute Gasteiger partial charge is 0.124 e. The minimum absolute atomic E-state index is 0.300. The van der Waals surface area contributed by atoms with E-state index in [0.29, 0.717) is 6.04 Å². The normalized spacial score (nSPS) is 18.8. The lowest BCUT2D eigenvalue weighted by Gasteiger charge is -2.23. The van der Waals surface area contributed by atoms with Gasteiger partial charge in [-0.1, -0.05) is 31.4 Å². The molecule has 1 aromatic heterocycles. The minimum atomic E-state index is 0.300. The van der Waals surface area contributed by atoms with E-state index in [1.807, 2.05) is 12.1 Å². The zero-order valence-corrected chi connectivity index (χ0v) is 11.7. The highest BCUT2D eigenvalue weighted by Crippen LogP contribution is 2.23. The number of nitrogens with zero attached hydrogens (tertiary/aromatic N) is 1. The number of H-pyrrole nitrogens is 1. The molecule has 1 heterocycles. The van der Waals surface area contributed by atoms with Gasteiger partial charge in [-0.2, -0.15) is 0 Å². The van der Waals surface area contributed by atoms with Gasteiger partial charge in [0.1, 0.15) is 5.82 Å². The van der Waals surface area contributed by atoms with E-state index in [4.69, 9.17) is 0 Å². The standard InChI is InChI=1S/C16H23N3/c1-12(17-11-13-7-3-2-4-8-13)16-18-14-9-5-6-10-15(14)19-16/h5-6,9-10,12-13,17H,2-4,7-8,11H2,1H3,(H,18,19). The molecule has 0 aliphatic heterocycles. The molecule has 3 nitrogen and oxygen atoms in total. The maximum absolute atomic E-state index is 4.66. The molecule has 2 aromatic rings. The third kappa shape index (κ3) is 2.98. The molecule has 0 saturated heterocycles. The molecule has 0 amide bonds. The highest BCUT2D eigenvalue weighted by molar-refractivity contribution is 5.74. The molecule has 1 aromatic carbocycles. The van der Waals surface area contributed by atoms with Crippen LogP contribution in [0.5, 0.6) is 0 Å². The van der Waals surface area contributed by atoms with Crippen LogP contribution in [0.3, 0.4) is 0 Å². The first-order chi connectivity index (χ1) is 9.33. The first kappa shape index (κ1) is 12.7. The number of para-hydroxylation sites is 2. The molecule has 0 radical (unpaired) electrons. The van der Waals surface area contributed by atoms with Crippen molar-refractivity contribution < 1.29 is 0 Å². The lowest BCUT2D eigenvalue weighted by Crippen LogP contribution is -2.27. The van der Waals surface area contributed by atoms with Gasteiger partial charge >= 0.3 is 0 Å². The summed E-state index contributed by atoms with van der Waals surface area (Å²) in [6, 6.07) is 8.52. The summed E-state index contributed by atoms with van der Waals surface area (Å²) in [5.41, 5.74) is 2.19. The molecule has 1 atom stereocenters. The average Bonchev–Trinajstić information content (AvgIpc) is 2.90. The highest BCUT2D eigenvalue weighted by atomic mass is 15.0. The Bertz CT molecular complexity index is 493. The molecule has 3 rings (SSSR count). The van der Waals surface area contributed by atoms with Gasteiger partial charge in [0, 0.05) is 0 Å². The van der Waals surface area contributed by atoms with E-state index >= 15 is 0 Å². The number of rotatable bonds is 4. The number of hydrogen-bond donors (Lipinski definition) is 2. The number of aromatic nitrogens is 2. The molecular formula is C16H23N3. The number of nitrogens with one attached hydrogen (secondary N) is 2. The van der Waals surface area contributed by atoms with Crippen LogP contribution in [0.4, 0.5) is 0 Å². The fraction of sp³-hybridized carbons (Fsp3) is 0.562. The van der Waals surface area contributed by atoms with E-state index in [2.05, 4.69) is 34.3 Å². The number of fused-ring (bicyclic) bond motifs is 1. The van der Waals surface area contributed by atoms with Crippen LogP contribution >= 0.6 is 0 Å². The Kier molecular flexibility index (Phi) is 3.83. The molecule has 0 spiro atoms. The van der Waals surface area contributed by atoms with Crippen molar-refractivity contribution in [1.29, 1.82) is 0 Å². The number of aromatic amines is 1. The van der Waals surface area contributed by atoms with E-state index in [1.165, 1.54) is 32.1 Å². The van der Waals surface area contributed by atoms with E-state index in [0.717, 1.165) is 29.3 Å². The van der Waals surface area contributed by atoms with Crippen molar-refractivity contribution in [3.05, 3.63) is 30.1 Å². The van der Waals surface area contributed by atoms with Gasteiger partial charge < -0.3 is 10.3 Å². The van der Waals surface area contributed by atoms with Crippen LogP contribution in [0.15, 0.2) is 24.3 Å². The zero-order chi connectivity index (χ0) is 13.1. The second kappa shape index (κ2) is 5.74. The summed E-state index contributed by atoms with van der Waals surface area (Å²) < 4.78 is 0. The van der Waals surface area contributed by atoms with Crippen molar-refractivity contribution in [3.63, 3.8) is 0 Å². The molecule has 1 aliphatic rings. The second-order valence-electron chi connectivity index (χ2n) is 5.77. The summed E-state index contributed by atoms with van der Waals surface area (Å²) in [5.74, 6) is 1.91. The first-order valence-corrected chi connectivity index (χ1v) is 7.51. The summed E-state index contributed by atoms with van der Waals surface area (Å²) in [7, 11) is 0. The quantitative estimate of drug-likeness (QED) is 0.874. The molecule has 2 N–H and O–H groups in total. The number of hydrogen-bond acceptors (Lipinski definition) is 2. The molecular weight excluding hydrogens is 234 g/mol. The molecule has 1 aliphatic carbocycles. The maximum Gasteiger partial charge on any atom is 0.124 e. The predicted molar refractivity (Wildman–Crippen MR) is 79.1 cm³/mol. The summed E-state index contributed by atoms with van der Waals surface area (Å²) in [6.07, 6.45) is 7.02. The lowest BCUT2D eigenvalue weighted by atomic mass is 9.89. The Balaban J connectivity index is 1.61. The molecule has 3 heteroatoms. The summed E-state index contributed by atoms with van der Waals surface area (Å²) >= 11 is 0. The van der Waals surface area contributed by atoms with Crippen molar-refractivity contribution in [2.45, 2.75) is 45.1 Å². The Labute approximate surface area is 114 Å². The van der Waals surface area contributed by atoms with Gasteiger partial charge in [-0.15, -0.1) is 0 Å². The van der Waals surface area contributed by atoms with Crippen molar-refractivity contribution in [2.75, 3.05) is 6.54 Å². The van der Waals surface area contributed by atoms with Crippen molar-refractivity contribution in [3.8, 4) is 0 Å². The van der Waals surface area contributed by atoms with Crippen LogP contribution in [0, 0.1) is 5.92 Å². The average molecular weight is 257 g/mol. The topological polar surface area (TPSA) is 40.7 Å². The minimum Gasteiger partial charge on any atom is -0.341 e. The van der Waals surface area contributed by atoms with Gasteiger partial charge in [0.25, 0.3) is 0 Å². The van der Waals surface area contributed by atoms with Gasteiger partial charge in [0.2, 0.25) is 0 Å². The lowest BCUT2D eigenvalue weighted by molar-refractivity contribution is 0.330. The summed E-state index contributed by atoms with van der Waals surface area (Å²) in [6.45, 7) is 3.32. The molecule has 19 heavy (non-hydrogen) atoms. The van der Waals surface area contributed by atoms with Crippen molar-refractivity contribution >= 4 is 11.0 Å². The van der Waals surface area contributed by atoms with Gasteiger partial charge in [0.15, 0.2) is 0 Å². The van der Waals surface area contributed by atoms with Gasteiger partial charge in [0.05, 0.1) is 17.1 Å². The van der Waals surface area contributed by atoms with E-state index in [1.54, 1.807) is 0 Å². The number of imidazole rings is 1. The SMILES string of the molecule is CC(NCC1CCCCC1)c1nc2ccccc2[nH]1. The van der Waals surface area contributed by atoms with Crippen molar-refractivity contribution in [2.24, 2.45) is 5.92 Å². The fourth-order valence-electron chi connectivity index (χ4n) is 3.01. The Morgan fingerprint density at radius 3 is 2.84 bits per heavy atom. The molecule has 1 unspecified atom stereocenters. The monoisotopic (exact) mass is 257 g/mol. The van der Waals surface area contributed by atoms with Crippen molar-refractivity contribution in [1.82, 2.24) is 15.3 Å². The predicted octanol–water partition coefficient (Wildman–Crippen LogP) is 3.79. The van der Waals surface area contributed by atoms with Crippen LogP contribution in [-0.2, 0) is 0 Å². The van der Waals surface area contributed by atoms with Crippen LogP contribution < -0.4 is 5.32 Å².